The summed E-state index contributed by atoms with van der Waals surface area (Å²) in [5.41, 5.74) is 4.09. The number of carbonyl (C=O) groups excluding carboxylic acids is 1. The highest BCUT2D eigenvalue weighted by atomic mass is 32.2. The van der Waals surface area contributed by atoms with Crippen molar-refractivity contribution >= 4 is 27.3 Å². The molecular weight excluding hydrogens is 400 g/mol. The van der Waals surface area contributed by atoms with Gasteiger partial charge in [0.1, 0.15) is 5.75 Å². The van der Waals surface area contributed by atoms with E-state index in [-0.39, 0.29) is 17.4 Å². The first-order chi connectivity index (χ1) is 14.2. The average Bonchev–Trinajstić information content (AvgIpc) is 2.69. The van der Waals surface area contributed by atoms with E-state index in [4.69, 9.17) is 4.74 Å². The summed E-state index contributed by atoms with van der Waals surface area (Å²) in [5, 5.41) is 2.70. The van der Waals surface area contributed by atoms with Gasteiger partial charge in [-0.1, -0.05) is 35.4 Å². The first kappa shape index (κ1) is 21.4. The molecule has 0 radical (unpaired) electrons. The van der Waals surface area contributed by atoms with E-state index in [2.05, 4.69) is 10.0 Å². The number of aryl methyl sites for hydroxylation is 3. The van der Waals surface area contributed by atoms with Crippen molar-refractivity contribution in [3.05, 3.63) is 83.4 Å². The maximum atomic E-state index is 12.5. The number of ether oxygens (including phenoxy) is 1. The molecule has 3 aromatic carbocycles. The van der Waals surface area contributed by atoms with E-state index >= 15 is 0 Å². The van der Waals surface area contributed by atoms with Crippen LogP contribution in [0.4, 0.5) is 11.4 Å². The number of anilines is 2. The monoisotopic (exact) mass is 424 g/mol. The molecule has 0 saturated carbocycles. The summed E-state index contributed by atoms with van der Waals surface area (Å²) in [6.07, 6.45) is 0. The minimum Gasteiger partial charge on any atom is -0.483 e. The molecule has 3 rings (SSSR count). The molecule has 7 heteroatoms. The fourth-order valence-electron chi connectivity index (χ4n) is 2.85. The molecule has 3 aromatic rings. The largest absolute Gasteiger partial charge is 0.483 e. The maximum absolute atomic E-state index is 12.5. The molecule has 0 spiro atoms. The summed E-state index contributed by atoms with van der Waals surface area (Å²) in [7, 11) is -3.71. The van der Waals surface area contributed by atoms with Crippen LogP contribution in [0.5, 0.6) is 5.75 Å². The molecule has 156 valence electrons. The Balaban J connectivity index is 1.59. The lowest BCUT2D eigenvalue weighted by Gasteiger charge is -2.11. The van der Waals surface area contributed by atoms with Crippen molar-refractivity contribution in [1.29, 1.82) is 0 Å². The van der Waals surface area contributed by atoms with Gasteiger partial charge in [0.2, 0.25) is 0 Å². The standard InChI is InChI=1S/C23H24N2O4S/c1-16-4-7-20(8-5-16)25-30(27,28)21-11-9-19(10-12-21)24-23(26)15-29-22-13-6-17(2)14-18(22)3/h4-14,25H,15H2,1-3H3,(H,24,26). The quantitative estimate of drug-likeness (QED) is 0.588. The van der Waals surface area contributed by atoms with Gasteiger partial charge in [-0.3, -0.25) is 9.52 Å². The van der Waals surface area contributed by atoms with Crippen LogP contribution in [0.2, 0.25) is 0 Å². The van der Waals surface area contributed by atoms with Crippen LogP contribution in [0.1, 0.15) is 16.7 Å². The molecule has 1 amide bonds. The molecule has 0 aromatic heterocycles. The van der Waals surface area contributed by atoms with E-state index in [9.17, 15) is 13.2 Å². The normalized spacial score (nSPS) is 11.0. The second-order valence-electron chi connectivity index (χ2n) is 7.10. The maximum Gasteiger partial charge on any atom is 0.262 e. The van der Waals surface area contributed by atoms with Gasteiger partial charge in [0.25, 0.3) is 15.9 Å². The number of rotatable bonds is 7. The minimum absolute atomic E-state index is 0.104. The summed E-state index contributed by atoms with van der Waals surface area (Å²) in [6.45, 7) is 5.70. The summed E-state index contributed by atoms with van der Waals surface area (Å²) in [5.74, 6) is 0.322. The Kier molecular flexibility index (Phi) is 6.42. The van der Waals surface area contributed by atoms with Crippen LogP contribution < -0.4 is 14.8 Å². The second-order valence-corrected chi connectivity index (χ2v) is 8.78. The molecule has 0 aliphatic carbocycles. The first-order valence-corrected chi connectivity index (χ1v) is 10.9. The molecule has 0 bridgehead atoms. The van der Waals surface area contributed by atoms with Gasteiger partial charge in [0.15, 0.2) is 6.61 Å². The SMILES string of the molecule is Cc1ccc(NS(=O)(=O)c2ccc(NC(=O)COc3ccc(C)cc3C)cc2)cc1. The van der Waals surface area contributed by atoms with Crippen molar-refractivity contribution in [3.8, 4) is 5.75 Å². The Morgan fingerprint density at radius 2 is 1.43 bits per heavy atom. The molecule has 0 aliphatic heterocycles. The smallest absolute Gasteiger partial charge is 0.262 e. The molecule has 0 fully saturated rings. The van der Waals surface area contributed by atoms with E-state index in [1.807, 2.05) is 51.1 Å². The Hall–Kier alpha value is -3.32. The number of hydrogen-bond acceptors (Lipinski definition) is 4. The second kappa shape index (κ2) is 9.00. The van der Waals surface area contributed by atoms with Gasteiger partial charge in [-0.05, 0) is 68.8 Å². The summed E-state index contributed by atoms with van der Waals surface area (Å²) in [6, 6.07) is 18.8. The Bertz CT molecular complexity index is 1140. The van der Waals surface area contributed by atoms with Crippen LogP contribution in [0.3, 0.4) is 0 Å². The summed E-state index contributed by atoms with van der Waals surface area (Å²) < 4.78 is 33.1. The Morgan fingerprint density at radius 1 is 0.833 bits per heavy atom. The fraction of sp³-hybridized carbons (Fsp3) is 0.174. The number of nitrogens with one attached hydrogen (secondary N) is 2. The van der Waals surface area contributed by atoms with Gasteiger partial charge in [0, 0.05) is 11.4 Å². The number of benzene rings is 3. The molecule has 2 N–H and O–H groups in total. The van der Waals surface area contributed by atoms with Crippen molar-refractivity contribution in [2.24, 2.45) is 0 Å². The molecule has 0 heterocycles. The highest BCUT2D eigenvalue weighted by molar-refractivity contribution is 7.92. The van der Waals surface area contributed by atoms with E-state index in [1.54, 1.807) is 24.3 Å². The number of carbonyl (C=O) groups is 1. The third-order valence-electron chi connectivity index (χ3n) is 4.44. The zero-order valence-corrected chi connectivity index (χ0v) is 17.9. The van der Waals surface area contributed by atoms with Gasteiger partial charge in [-0.15, -0.1) is 0 Å². The third kappa shape index (κ3) is 5.61. The van der Waals surface area contributed by atoms with Gasteiger partial charge in [-0.2, -0.15) is 0 Å². The fourth-order valence-corrected chi connectivity index (χ4v) is 3.91. The van der Waals surface area contributed by atoms with Crippen LogP contribution in [0.25, 0.3) is 0 Å². The molecule has 0 saturated heterocycles. The average molecular weight is 425 g/mol. The van der Waals surface area contributed by atoms with Crippen LogP contribution in [-0.2, 0) is 14.8 Å². The van der Waals surface area contributed by atoms with Gasteiger partial charge in [-0.25, -0.2) is 8.42 Å². The molecule has 6 nitrogen and oxygen atoms in total. The number of sulfonamides is 1. The van der Waals surface area contributed by atoms with Gasteiger partial charge >= 0.3 is 0 Å². The lowest BCUT2D eigenvalue weighted by Crippen LogP contribution is -2.20. The van der Waals surface area contributed by atoms with E-state index in [1.165, 1.54) is 12.1 Å². The summed E-state index contributed by atoms with van der Waals surface area (Å²) in [4.78, 5) is 12.3. The molecular formula is C23H24N2O4S. The molecule has 0 unspecified atom stereocenters. The van der Waals surface area contributed by atoms with Crippen LogP contribution in [-0.4, -0.2) is 20.9 Å². The Morgan fingerprint density at radius 3 is 2.07 bits per heavy atom. The minimum atomic E-state index is -3.71. The predicted octanol–water partition coefficient (Wildman–Crippen LogP) is 4.43. The van der Waals surface area contributed by atoms with Crippen molar-refractivity contribution in [1.82, 2.24) is 0 Å². The first-order valence-electron chi connectivity index (χ1n) is 9.42. The predicted molar refractivity (Wildman–Crippen MR) is 118 cm³/mol. The number of amides is 1. The topological polar surface area (TPSA) is 84.5 Å². The number of hydrogen-bond donors (Lipinski definition) is 2. The van der Waals surface area contributed by atoms with Crippen LogP contribution >= 0.6 is 0 Å². The molecule has 0 aliphatic rings. The van der Waals surface area contributed by atoms with Gasteiger partial charge < -0.3 is 10.1 Å². The van der Waals surface area contributed by atoms with E-state index in [0.717, 1.165) is 16.7 Å². The zero-order valence-electron chi connectivity index (χ0n) is 17.1. The lowest BCUT2D eigenvalue weighted by atomic mass is 10.1. The third-order valence-corrected chi connectivity index (χ3v) is 5.84. The van der Waals surface area contributed by atoms with E-state index < -0.39 is 10.0 Å². The lowest BCUT2D eigenvalue weighted by molar-refractivity contribution is -0.118. The zero-order chi connectivity index (χ0) is 21.7. The van der Waals surface area contributed by atoms with Crippen molar-refractivity contribution in [2.45, 2.75) is 25.7 Å². The molecule has 30 heavy (non-hydrogen) atoms. The van der Waals surface area contributed by atoms with Gasteiger partial charge in [0.05, 0.1) is 4.90 Å². The highest BCUT2D eigenvalue weighted by Crippen LogP contribution is 2.20. The van der Waals surface area contributed by atoms with Crippen LogP contribution in [0, 0.1) is 20.8 Å². The summed E-state index contributed by atoms with van der Waals surface area (Å²) >= 11 is 0. The van der Waals surface area contributed by atoms with Crippen LogP contribution in [0.15, 0.2) is 71.6 Å². The van der Waals surface area contributed by atoms with Crippen molar-refractivity contribution < 1.29 is 17.9 Å². The Labute approximate surface area is 177 Å². The molecule has 0 atom stereocenters. The highest BCUT2D eigenvalue weighted by Gasteiger charge is 2.14. The van der Waals surface area contributed by atoms with E-state index in [0.29, 0.717) is 17.1 Å². The van der Waals surface area contributed by atoms with Crippen molar-refractivity contribution in [3.63, 3.8) is 0 Å². The van der Waals surface area contributed by atoms with Crippen molar-refractivity contribution in [2.75, 3.05) is 16.6 Å².